The number of rotatable bonds is 2. The van der Waals surface area contributed by atoms with Crippen molar-refractivity contribution in [3.8, 4) is 0 Å². The first-order valence-electron chi connectivity index (χ1n) is 6.25. The third-order valence-corrected chi connectivity index (χ3v) is 4.39. The van der Waals surface area contributed by atoms with Crippen molar-refractivity contribution in [2.75, 3.05) is 23.3 Å². The maximum atomic E-state index is 4.59. The van der Waals surface area contributed by atoms with E-state index < -0.39 is 0 Å². The van der Waals surface area contributed by atoms with Gasteiger partial charge in [-0.15, -0.1) is 0 Å². The minimum absolute atomic E-state index is 0.734. The molecule has 4 nitrogen and oxygen atoms in total. The molecule has 0 radical (unpaired) electrons. The van der Waals surface area contributed by atoms with Gasteiger partial charge in [0.15, 0.2) is 5.65 Å². The lowest BCUT2D eigenvalue weighted by Crippen LogP contribution is -2.34. The molecule has 1 fully saturated rings. The van der Waals surface area contributed by atoms with Crippen LogP contribution in [-0.4, -0.2) is 33.4 Å². The number of aromatic nitrogens is 3. The molecule has 3 rings (SSSR count). The molecule has 1 saturated heterocycles. The maximum absolute atomic E-state index is 4.59. The summed E-state index contributed by atoms with van der Waals surface area (Å²) in [5.41, 5.74) is 1.59. The van der Waals surface area contributed by atoms with Gasteiger partial charge in [0, 0.05) is 30.8 Å². The van der Waals surface area contributed by atoms with Gasteiger partial charge in [0.2, 0.25) is 0 Å². The summed E-state index contributed by atoms with van der Waals surface area (Å²) in [6, 6.07) is 4.05. The number of nitrogens with zero attached hydrogens (tertiary/aromatic N) is 4. The van der Waals surface area contributed by atoms with E-state index in [2.05, 4.69) is 35.8 Å². The van der Waals surface area contributed by atoms with Crippen molar-refractivity contribution in [1.29, 1.82) is 0 Å². The second kappa shape index (κ2) is 5.18. The lowest BCUT2D eigenvalue weighted by atomic mass is 9.99. The summed E-state index contributed by atoms with van der Waals surface area (Å²) in [7, 11) is 0. The molecule has 0 atom stereocenters. The SMILES string of the molecule is BrCC1CCN(c2ccc3nccnc3n2)CC1. The van der Waals surface area contributed by atoms with Gasteiger partial charge in [-0.3, -0.25) is 4.98 Å². The average molecular weight is 307 g/mol. The number of hydrogen-bond donors (Lipinski definition) is 0. The zero-order chi connectivity index (χ0) is 12.4. The molecule has 18 heavy (non-hydrogen) atoms. The molecule has 0 bridgehead atoms. The van der Waals surface area contributed by atoms with Gasteiger partial charge in [0.1, 0.15) is 11.3 Å². The smallest absolute Gasteiger partial charge is 0.180 e. The third-order valence-electron chi connectivity index (χ3n) is 3.47. The highest BCUT2D eigenvalue weighted by Crippen LogP contribution is 2.23. The Balaban J connectivity index is 1.82. The fourth-order valence-electron chi connectivity index (χ4n) is 2.34. The zero-order valence-electron chi connectivity index (χ0n) is 10.1. The van der Waals surface area contributed by atoms with E-state index >= 15 is 0 Å². The van der Waals surface area contributed by atoms with Crippen LogP contribution in [0.3, 0.4) is 0 Å². The predicted molar refractivity (Wildman–Crippen MR) is 76.1 cm³/mol. The van der Waals surface area contributed by atoms with Gasteiger partial charge in [-0.25, -0.2) is 9.97 Å². The normalized spacial score (nSPS) is 17.3. The van der Waals surface area contributed by atoms with E-state index in [1.54, 1.807) is 12.4 Å². The Morgan fingerprint density at radius 3 is 2.72 bits per heavy atom. The van der Waals surface area contributed by atoms with E-state index in [1.807, 2.05) is 12.1 Å². The number of alkyl halides is 1. The Morgan fingerprint density at radius 2 is 1.94 bits per heavy atom. The monoisotopic (exact) mass is 306 g/mol. The Hall–Kier alpha value is -1.23. The average Bonchev–Trinajstić information content (AvgIpc) is 2.47. The molecule has 0 unspecified atom stereocenters. The van der Waals surface area contributed by atoms with Crippen molar-refractivity contribution < 1.29 is 0 Å². The van der Waals surface area contributed by atoms with Crippen LogP contribution in [0.4, 0.5) is 5.82 Å². The van der Waals surface area contributed by atoms with Crippen molar-refractivity contribution in [3.63, 3.8) is 0 Å². The molecule has 94 valence electrons. The molecule has 5 heteroatoms. The summed E-state index contributed by atoms with van der Waals surface area (Å²) in [6.07, 6.45) is 5.85. The number of hydrogen-bond acceptors (Lipinski definition) is 4. The van der Waals surface area contributed by atoms with Gasteiger partial charge in [-0.05, 0) is 30.9 Å². The molecule has 1 aliphatic heterocycles. The molecular weight excluding hydrogens is 292 g/mol. The Kier molecular flexibility index (Phi) is 3.41. The number of pyridine rings is 1. The number of halogens is 1. The molecule has 0 saturated carbocycles. The molecule has 0 amide bonds. The third kappa shape index (κ3) is 2.32. The molecule has 0 N–H and O–H groups in total. The summed E-state index contributed by atoms with van der Waals surface area (Å²) < 4.78 is 0. The largest absolute Gasteiger partial charge is 0.357 e. The summed E-state index contributed by atoms with van der Waals surface area (Å²) in [5.74, 6) is 1.83. The van der Waals surface area contributed by atoms with Crippen LogP contribution in [0, 0.1) is 5.92 Å². The first kappa shape index (κ1) is 11.8. The van der Waals surface area contributed by atoms with Crippen molar-refractivity contribution in [2.45, 2.75) is 12.8 Å². The number of fused-ring (bicyclic) bond motifs is 1. The minimum atomic E-state index is 0.734. The first-order valence-corrected chi connectivity index (χ1v) is 7.37. The van der Waals surface area contributed by atoms with Crippen LogP contribution >= 0.6 is 15.9 Å². The van der Waals surface area contributed by atoms with Crippen molar-refractivity contribution >= 4 is 32.9 Å². The van der Waals surface area contributed by atoms with Crippen LogP contribution in [0.5, 0.6) is 0 Å². The van der Waals surface area contributed by atoms with Gasteiger partial charge < -0.3 is 4.90 Å². The minimum Gasteiger partial charge on any atom is -0.357 e. The number of anilines is 1. The zero-order valence-corrected chi connectivity index (χ0v) is 11.7. The van der Waals surface area contributed by atoms with Gasteiger partial charge in [-0.2, -0.15) is 0 Å². The van der Waals surface area contributed by atoms with E-state index in [0.29, 0.717) is 0 Å². The van der Waals surface area contributed by atoms with Crippen LogP contribution in [-0.2, 0) is 0 Å². The van der Waals surface area contributed by atoms with Gasteiger partial charge in [0.25, 0.3) is 0 Å². The van der Waals surface area contributed by atoms with Crippen LogP contribution in [0.25, 0.3) is 11.2 Å². The van der Waals surface area contributed by atoms with Gasteiger partial charge in [0.05, 0.1) is 0 Å². The predicted octanol–water partition coefficient (Wildman–Crippen LogP) is 2.64. The van der Waals surface area contributed by atoms with E-state index in [0.717, 1.165) is 41.3 Å². The Bertz CT molecular complexity index is 537. The second-order valence-electron chi connectivity index (χ2n) is 4.65. The summed E-state index contributed by atoms with van der Waals surface area (Å²) in [5, 5.41) is 1.11. The van der Waals surface area contributed by atoms with Crippen molar-refractivity contribution in [2.24, 2.45) is 5.92 Å². The summed E-state index contributed by atoms with van der Waals surface area (Å²) in [6.45, 7) is 2.16. The van der Waals surface area contributed by atoms with Gasteiger partial charge in [-0.1, -0.05) is 15.9 Å². The molecule has 0 aromatic carbocycles. The van der Waals surface area contributed by atoms with Gasteiger partial charge >= 0.3 is 0 Å². The summed E-state index contributed by atoms with van der Waals surface area (Å²) >= 11 is 3.57. The highest BCUT2D eigenvalue weighted by Gasteiger charge is 2.19. The lowest BCUT2D eigenvalue weighted by Gasteiger charge is -2.32. The van der Waals surface area contributed by atoms with Crippen LogP contribution < -0.4 is 4.90 Å². The standard InChI is InChI=1S/C13H15BrN4/c14-9-10-3-7-18(8-4-10)12-2-1-11-13(17-12)16-6-5-15-11/h1-2,5-6,10H,3-4,7-9H2. The van der Waals surface area contributed by atoms with Crippen molar-refractivity contribution in [1.82, 2.24) is 15.0 Å². The second-order valence-corrected chi connectivity index (χ2v) is 5.30. The quantitative estimate of drug-likeness (QED) is 0.800. The highest BCUT2D eigenvalue weighted by molar-refractivity contribution is 9.09. The lowest BCUT2D eigenvalue weighted by molar-refractivity contribution is 0.445. The van der Waals surface area contributed by atoms with E-state index in [9.17, 15) is 0 Å². The molecule has 2 aromatic rings. The topological polar surface area (TPSA) is 41.9 Å². The highest BCUT2D eigenvalue weighted by atomic mass is 79.9. The number of piperidine rings is 1. The summed E-state index contributed by atoms with van der Waals surface area (Å²) in [4.78, 5) is 15.4. The molecule has 1 aliphatic rings. The van der Waals surface area contributed by atoms with Crippen LogP contribution in [0.15, 0.2) is 24.5 Å². The maximum Gasteiger partial charge on any atom is 0.180 e. The van der Waals surface area contributed by atoms with Crippen LogP contribution in [0.1, 0.15) is 12.8 Å². The fraction of sp³-hybridized carbons (Fsp3) is 0.462. The Labute approximate surface area is 115 Å². The molecule has 0 aliphatic carbocycles. The fourth-order valence-corrected chi connectivity index (χ4v) is 2.98. The van der Waals surface area contributed by atoms with E-state index in [-0.39, 0.29) is 0 Å². The van der Waals surface area contributed by atoms with Crippen LogP contribution in [0.2, 0.25) is 0 Å². The molecular formula is C13H15BrN4. The molecule has 3 heterocycles. The van der Waals surface area contributed by atoms with E-state index in [4.69, 9.17) is 0 Å². The van der Waals surface area contributed by atoms with Crippen molar-refractivity contribution in [3.05, 3.63) is 24.5 Å². The first-order chi connectivity index (χ1) is 8.86. The molecule has 0 spiro atoms. The van der Waals surface area contributed by atoms with E-state index in [1.165, 1.54) is 12.8 Å². The Morgan fingerprint density at radius 1 is 1.17 bits per heavy atom. The molecule has 2 aromatic heterocycles.